The van der Waals surface area contributed by atoms with Crippen LogP contribution in [0.4, 0.5) is 0 Å². The first-order chi connectivity index (χ1) is 20.2. The van der Waals surface area contributed by atoms with E-state index in [2.05, 4.69) is 42.5 Å². The van der Waals surface area contributed by atoms with Gasteiger partial charge in [-0.15, -0.1) is 0 Å². The fourth-order valence-corrected chi connectivity index (χ4v) is 12.1. The molecule has 0 aromatic carbocycles. The van der Waals surface area contributed by atoms with Crippen LogP contribution < -0.4 is 48.3 Å². The summed E-state index contributed by atoms with van der Waals surface area (Å²) >= 11 is 0. The molecular formula is C32H57AgN9. The van der Waals surface area contributed by atoms with Crippen molar-refractivity contribution in [2.45, 2.75) is 152 Å². The van der Waals surface area contributed by atoms with Gasteiger partial charge in [0, 0.05) is 34.3 Å². The zero-order valence-corrected chi connectivity index (χ0v) is 26.8. The van der Waals surface area contributed by atoms with Gasteiger partial charge in [-0.25, -0.2) is 0 Å². The third-order valence-electron chi connectivity index (χ3n) is 13.9. The molecule has 0 spiro atoms. The van der Waals surface area contributed by atoms with Gasteiger partial charge in [-0.2, -0.15) is 0 Å². The Morgan fingerprint density at radius 3 is 0.905 bits per heavy atom. The Morgan fingerprint density at radius 1 is 0.310 bits per heavy atom. The molecule has 4 aliphatic carbocycles. The molecule has 9 fully saturated rings. The average Bonchev–Trinajstić information content (AvgIpc) is 3.73. The van der Waals surface area contributed by atoms with Gasteiger partial charge in [-0.1, -0.05) is 44.9 Å². The molecule has 0 amide bonds. The third-order valence-corrected chi connectivity index (χ3v) is 13.9. The summed E-state index contributed by atoms with van der Waals surface area (Å²) in [5.41, 5.74) is 6.95. The minimum Gasteiger partial charge on any atom is -0.327 e. The van der Waals surface area contributed by atoms with E-state index in [9.17, 15) is 0 Å². The van der Waals surface area contributed by atoms with Gasteiger partial charge in [0.25, 0.3) is 0 Å². The maximum absolute atomic E-state index is 6.95. The third kappa shape index (κ3) is 5.05. The van der Waals surface area contributed by atoms with Crippen molar-refractivity contribution in [2.75, 3.05) is 0 Å². The van der Waals surface area contributed by atoms with Crippen LogP contribution in [0.2, 0.25) is 0 Å². The Morgan fingerprint density at radius 2 is 0.571 bits per heavy atom. The van der Waals surface area contributed by atoms with Crippen molar-refractivity contribution in [1.29, 1.82) is 0 Å². The van der Waals surface area contributed by atoms with E-state index in [1.807, 2.05) is 0 Å². The second kappa shape index (κ2) is 12.2. The summed E-state index contributed by atoms with van der Waals surface area (Å²) < 4.78 is 0. The zero-order valence-electron chi connectivity index (χ0n) is 25.3. The van der Waals surface area contributed by atoms with Gasteiger partial charge in [0.2, 0.25) is 0 Å². The van der Waals surface area contributed by atoms with Crippen LogP contribution in [0.25, 0.3) is 0 Å². The maximum atomic E-state index is 6.95. The zero-order chi connectivity index (χ0) is 27.1. The van der Waals surface area contributed by atoms with E-state index in [0.29, 0.717) is 78.7 Å². The summed E-state index contributed by atoms with van der Waals surface area (Å²) in [4.78, 5) is 0. The molecule has 1 radical (unpaired) electrons. The first-order valence-electron chi connectivity index (χ1n) is 18.1. The molecule has 9 rings (SSSR count). The summed E-state index contributed by atoms with van der Waals surface area (Å²) in [6.45, 7) is 0. The van der Waals surface area contributed by atoms with Crippen molar-refractivity contribution >= 4 is 0 Å². The fraction of sp³-hybridized carbons (Fsp3) is 1.00. The fourth-order valence-electron chi connectivity index (χ4n) is 12.1. The van der Waals surface area contributed by atoms with Crippen LogP contribution in [-0.2, 0) is 22.4 Å². The minimum atomic E-state index is 0. The second-order valence-electron chi connectivity index (χ2n) is 15.8. The molecule has 9 aliphatic rings. The monoisotopic (exact) mass is 674 g/mol. The van der Waals surface area contributed by atoms with Gasteiger partial charge < -0.3 is 5.73 Å². The van der Waals surface area contributed by atoms with Crippen LogP contribution in [-0.4, -0.2) is 55.4 Å². The van der Waals surface area contributed by atoms with Crippen LogP contribution in [0.1, 0.15) is 96.3 Å². The van der Waals surface area contributed by atoms with Gasteiger partial charge in [-0.3, -0.25) is 42.5 Å². The number of fused-ring (bicyclic) bond motifs is 20. The van der Waals surface area contributed by atoms with E-state index in [-0.39, 0.29) is 34.6 Å². The molecule has 4 saturated carbocycles. The van der Waals surface area contributed by atoms with Gasteiger partial charge >= 0.3 is 0 Å². The summed E-state index contributed by atoms with van der Waals surface area (Å²) in [6, 6.07) is 0.279. The SMILES string of the molecule is NC1CCCC2C3NC4NC(NC5NC(NC6NC(NC(N3)C12)C1CCCCC61)C1CCCCC51)C1CCCCC41.[Ag]. The van der Waals surface area contributed by atoms with E-state index in [4.69, 9.17) is 5.73 Å². The number of nitrogens with one attached hydrogen (secondary N) is 8. The van der Waals surface area contributed by atoms with E-state index in [1.54, 1.807) is 0 Å². The Bertz CT molecular complexity index is 955. The van der Waals surface area contributed by atoms with E-state index in [0.717, 1.165) is 18.3 Å². The first-order valence-corrected chi connectivity index (χ1v) is 18.1. The molecule has 0 aromatic heterocycles. The number of nitrogens with two attached hydrogens (primary N) is 1. The van der Waals surface area contributed by atoms with Gasteiger partial charge in [0.1, 0.15) is 0 Å². The second-order valence-corrected chi connectivity index (χ2v) is 15.8. The van der Waals surface area contributed by atoms with E-state index >= 15 is 0 Å². The molecule has 5 saturated heterocycles. The summed E-state index contributed by atoms with van der Waals surface area (Å²) in [7, 11) is 0. The molecule has 8 bridgehead atoms. The summed E-state index contributed by atoms with van der Waals surface area (Å²) in [6.07, 6.45) is 23.0. The number of hydrogen-bond donors (Lipinski definition) is 9. The van der Waals surface area contributed by atoms with Crippen molar-refractivity contribution in [3.05, 3.63) is 0 Å². The smallest absolute Gasteiger partial charge is 0.0643 e. The van der Waals surface area contributed by atoms with Crippen molar-refractivity contribution < 1.29 is 22.4 Å². The van der Waals surface area contributed by atoms with Crippen LogP contribution in [0.15, 0.2) is 0 Å². The summed E-state index contributed by atoms with van der Waals surface area (Å²) in [5.74, 6) is 5.37. The Labute approximate surface area is 268 Å². The number of rotatable bonds is 0. The summed E-state index contributed by atoms with van der Waals surface area (Å²) in [5, 5.41) is 33.6. The standard InChI is InChI=1S/C32H57N9.Ag/c33-23-15-7-14-22-24(23)32-40-30-21-13-6-5-12-20(21)28(38-30)36-26-17-9-2-1-8-16(17)25(34-26)35-27-18-10-3-4-11-19(18)29(37-27)39-31(22)41-32;/h16-32,34-41H,1-15,33H2;. The average molecular weight is 676 g/mol. The Hall–Kier alpha value is 0.380. The predicted molar refractivity (Wildman–Crippen MR) is 161 cm³/mol. The van der Waals surface area contributed by atoms with Crippen LogP contribution in [0.5, 0.6) is 0 Å². The molecule has 17 atom stereocenters. The molecule has 42 heavy (non-hydrogen) atoms. The van der Waals surface area contributed by atoms with Crippen molar-refractivity contribution in [1.82, 2.24) is 42.5 Å². The first kappa shape index (κ1) is 29.8. The molecule has 10 heteroatoms. The molecule has 10 N–H and O–H groups in total. The van der Waals surface area contributed by atoms with Crippen LogP contribution in [0.3, 0.4) is 0 Å². The van der Waals surface area contributed by atoms with Crippen LogP contribution >= 0.6 is 0 Å². The minimum absolute atomic E-state index is 0. The van der Waals surface area contributed by atoms with Gasteiger partial charge in [0.15, 0.2) is 0 Å². The largest absolute Gasteiger partial charge is 0.327 e. The molecule has 17 unspecified atom stereocenters. The maximum Gasteiger partial charge on any atom is 0.0643 e. The van der Waals surface area contributed by atoms with Gasteiger partial charge in [0.05, 0.1) is 49.3 Å². The molecule has 5 aliphatic heterocycles. The Balaban J connectivity index is 0.00000267. The van der Waals surface area contributed by atoms with Gasteiger partial charge in [-0.05, 0) is 92.8 Å². The normalized spacial score (nSPS) is 56.9. The van der Waals surface area contributed by atoms with Crippen molar-refractivity contribution in [2.24, 2.45) is 53.1 Å². The van der Waals surface area contributed by atoms with E-state index < -0.39 is 0 Å². The molecular weight excluding hydrogens is 618 g/mol. The van der Waals surface area contributed by atoms with Crippen LogP contribution in [0, 0.1) is 47.3 Å². The Kier molecular flexibility index (Phi) is 8.64. The van der Waals surface area contributed by atoms with Crippen molar-refractivity contribution in [3.8, 4) is 0 Å². The topological polar surface area (TPSA) is 122 Å². The molecule has 9 nitrogen and oxygen atoms in total. The molecule has 241 valence electrons. The van der Waals surface area contributed by atoms with Crippen molar-refractivity contribution in [3.63, 3.8) is 0 Å². The molecule has 5 heterocycles. The molecule has 0 aromatic rings. The number of hydrogen-bond acceptors (Lipinski definition) is 9. The van der Waals surface area contributed by atoms with E-state index in [1.165, 1.54) is 89.9 Å². The predicted octanol–water partition coefficient (Wildman–Crippen LogP) is 1.54. The quantitative estimate of drug-likeness (QED) is 0.176.